The molecule has 1 unspecified atom stereocenters. The zero-order valence-corrected chi connectivity index (χ0v) is 16.2. The Morgan fingerprint density at radius 1 is 1.19 bits per heavy atom. The lowest BCUT2D eigenvalue weighted by Crippen LogP contribution is -2.62. The van der Waals surface area contributed by atoms with Crippen molar-refractivity contribution < 1.29 is 14.2 Å². The van der Waals surface area contributed by atoms with E-state index in [4.69, 9.17) is 4.99 Å². The van der Waals surface area contributed by atoms with Crippen LogP contribution in [0.5, 0.6) is 0 Å². The van der Waals surface area contributed by atoms with Crippen molar-refractivity contribution in [2.45, 2.75) is 39.2 Å². The summed E-state index contributed by atoms with van der Waals surface area (Å²) in [6.07, 6.45) is 3.48. The maximum atomic E-state index is 12.8. The second kappa shape index (κ2) is 6.79. The summed E-state index contributed by atoms with van der Waals surface area (Å²) >= 11 is 0. The number of imide groups is 1. The average Bonchev–Trinajstić information content (AvgIpc) is 3.25. The van der Waals surface area contributed by atoms with E-state index in [9.17, 15) is 9.59 Å². The fraction of sp³-hybridized carbons (Fsp3) is 0.500. The number of hydrogen-bond donors (Lipinski definition) is 0. The van der Waals surface area contributed by atoms with Crippen LogP contribution >= 0.6 is 0 Å². The van der Waals surface area contributed by atoms with E-state index in [1.165, 1.54) is 28.2 Å². The number of likely N-dealkylation sites (N-methyl/N-ethyl adjacent to an activating group) is 2. The molecule has 0 aromatic heterocycles. The van der Waals surface area contributed by atoms with Crippen LogP contribution < -0.4 is 4.90 Å². The van der Waals surface area contributed by atoms with Crippen LogP contribution in [-0.2, 0) is 11.2 Å². The number of anilines is 1. The quantitative estimate of drug-likeness (QED) is 0.746. The molecule has 142 valence electrons. The number of carbonyl (C=O) groups is 2. The minimum Gasteiger partial charge on any atom is -0.270 e. The van der Waals surface area contributed by atoms with Crippen molar-refractivity contribution in [1.82, 2.24) is 9.80 Å². The number of urea groups is 1. The van der Waals surface area contributed by atoms with Gasteiger partial charge in [0.1, 0.15) is 12.2 Å². The predicted octanol–water partition coefficient (Wildman–Crippen LogP) is 1.91. The van der Waals surface area contributed by atoms with Crippen LogP contribution in [0.4, 0.5) is 10.5 Å². The summed E-state index contributed by atoms with van der Waals surface area (Å²) in [5.74, 6) is 1.13. The van der Waals surface area contributed by atoms with Crippen molar-refractivity contribution in [2.24, 2.45) is 4.99 Å². The molecule has 0 radical (unpaired) electrons. The maximum Gasteiger partial charge on any atom is 0.397 e. The van der Waals surface area contributed by atoms with Crippen molar-refractivity contribution in [3.8, 4) is 0 Å². The van der Waals surface area contributed by atoms with Gasteiger partial charge in [0.2, 0.25) is 11.9 Å². The number of guanidine groups is 1. The molecule has 1 fully saturated rings. The number of carbonyl (C=O) groups excluding carboxylic acids is 2. The molecule has 3 amide bonds. The van der Waals surface area contributed by atoms with E-state index in [1.807, 2.05) is 11.5 Å². The van der Waals surface area contributed by atoms with Gasteiger partial charge in [-0.2, -0.15) is 0 Å². The Hall–Kier alpha value is -2.70. The zero-order valence-electron chi connectivity index (χ0n) is 16.2. The molecule has 0 bridgehead atoms. The van der Waals surface area contributed by atoms with Crippen LogP contribution in [0.1, 0.15) is 32.3 Å². The number of rotatable bonds is 5. The molecule has 3 aliphatic heterocycles. The van der Waals surface area contributed by atoms with Crippen LogP contribution in [0.25, 0.3) is 0 Å². The van der Waals surface area contributed by atoms with Gasteiger partial charge in [0, 0.05) is 13.6 Å². The van der Waals surface area contributed by atoms with Gasteiger partial charge < -0.3 is 0 Å². The molecule has 1 aromatic rings. The van der Waals surface area contributed by atoms with Gasteiger partial charge in [-0.25, -0.2) is 14.3 Å². The van der Waals surface area contributed by atoms with E-state index in [-0.39, 0.29) is 11.9 Å². The summed E-state index contributed by atoms with van der Waals surface area (Å²) in [6, 6.07) is 7.80. The smallest absolute Gasteiger partial charge is 0.270 e. The lowest BCUT2D eigenvalue weighted by Gasteiger charge is -2.33. The Bertz CT molecular complexity index is 842. The average molecular weight is 368 g/mol. The van der Waals surface area contributed by atoms with E-state index >= 15 is 0 Å². The van der Waals surface area contributed by atoms with E-state index in [2.05, 4.69) is 36.1 Å². The summed E-state index contributed by atoms with van der Waals surface area (Å²) < 4.78 is 2.02. The topological polar surface area (TPSA) is 59.2 Å². The highest BCUT2D eigenvalue weighted by Gasteiger charge is 2.55. The third-order valence-electron chi connectivity index (χ3n) is 5.58. The Morgan fingerprint density at radius 2 is 1.93 bits per heavy atom. The number of aryl methyl sites for hydroxylation is 1. The van der Waals surface area contributed by atoms with Crippen LogP contribution in [0.15, 0.2) is 29.3 Å². The standard InChI is InChI=1S/C20H26N5O2/c1-4-6-7-14-8-10-15(11-9-14)24-12-13-25-16-17(21-19(24)25)22(3)20(27)23(5-2)18(16)26/h8-11,16H,4-7,12-13H2,1-3H3/q+1. The molecule has 3 aliphatic rings. The molecule has 7 nitrogen and oxygen atoms in total. The van der Waals surface area contributed by atoms with Crippen molar-refractivity contribution >= 4 is 29.4 Å². The second-order valence-corrected chi connectivity index (χ2v) is 7.21. The first-order valence-electron chi connectivity index (χ1n) is 9.74. The maximum absolute atomic E-state index is 12.8. The van der Waals surface area contributed by atoms with E-state index in [0.29, 0.717) is 12.4 Å². The fourth-order valence-corrected chi connectivity index (χ4v) is 4.02. The number of aliphatic imine (C=N–C) groups is 1. The van der Waals surface area contributed by atoms with Gasteiger partial charge in [0.25, 0.3) is 5.91 Å². The minimum absolute atomic E-state index is 0.175. The van der Waals surface area contributed by atoms with Gasteiger partial charge in [-0.05, 0) is 37.5 Å². The highest BCUT2D eigenvalue weighted by atomic mass is 16.2. The molecule has 0 saturated carbocycles. The van der Waals surface area contributed by atoms with Crippen molar-refractivity contribution in [2.75, 3.05) is 31.6 Å². The van der Waals surface area contributed by atoms with E-state index < -0.39 is 6.04 Å². The molecule has 0 aliphatic carbocycles. The van der Waals surface area contributed by atoms with Gasteiger partial charge in [-0.15, -0.1) is 0 Å². The molecule has 0 spiro atoms. The molecule has 7 heteroatoms. The largest absolute Gasteiger partial charge is 0.397 e. The summed E-state index contributed by atoms with van der Waals surface area (Å²) in [6.45, 7) is 5.90. The number of amides is 3. The van der Waals surface area contributed by atoms with Crippen LogP contribution in [0, 0.1) is 0 Å². The monoisotopic (exact) mass is 368 g/mol. The van der Waals surface area contributed by atoms with Gasteiger partial charge in [0.15, 0.2) is 0 Å². The number of hydrogen-bond acceptors (Lipinski definition) is 4. The lowest BCUT2D eigenvalue weighted by molar-refractivity contribution is -0.525. The Balaban J connectivity index is 1.63. The number of fused-ring (bicyclic) bond motifs is 2. The predicted molar refractivity (Wildman–Crippen MR) is 104 cm³/mol. The molecule has 1 atom stereocenters. The summed E-state index contributed by atoms with van der Waals surface area (Å²) in [5.41, 5.74) is 2.41. The number of unbranched alkanes of at least 4 members (excludes halogenated alkanes) is 1. The number of benzene rings is 1. The number of amidine groups is 1. The third kappa shape index (κ3) is 2.72. The van der Waals surface area contributed by atoms with Crippen LogP contribution in [0.3, 0.4) is 0 Å². The Kier molecular flexibility index (Phi) is 4.45. The normalized spacial score (nSPS) is 21.8. The van der Waals surface area contributed by atoms with Crippen molar-refractivity contribution in [3.05, 3.63) is 29.8 Å². The fourth-order valence-electron chi connectivity index (χ4n) is 4.02. The molecule has 1 saturated heterocycles. The summed E-state index contributed by atoms with van der Waals surface area (Å²) in [7, 11) is 1.69. The second-order valence-electron chi connectivity index (χ2n) is 7.21. The SMILES string of the molecule is CCCCc1ccc(N2CC[N+]3=C2N=C2C3C(=O)N(CC)C(=O)N2C)cc1. The Morgan fingerprint density at radius 3 is 2.59 bits per heavy atom. The molecular formula is C20H26N5O2+. The van der Waals surface area contributed by atoms with Crippen molar-refractivity contribution in [3.63, 3.8) is 0 Å². The zero-order chi connectivity index (χ0) is 19.1. The Labute approximate surface area is 159 Å². The lowest BCUT2D eigenvalue weighted by atomic mass is 10.1. The highest BCUT2D eigenvalue weighted by molar-refractivity contribution is 6.24. The molecular weight excluding hydrogens is 342 g/mol. The summed E-state index contributed by atoms with van der Waals surface area (Å²) in [5, 5.41) is 0. The van der Waals surface area contributed by atoms with E-state index in [0.717, 1.165) is 31.2 Å². The third-order valence-corrected chi connectivity index (χ3v) is 5.58. The molecule has 0 N–H and O–H groups in total. The van der Waals surface area contributed by atoms with Gasteiger partial charge >= 0.3 is 12.0 Å². The highest BCUT2D eigenvalue weighted by Crippen LogP contribution is 2.27. The van der Waals surface area contributed by atoms with Gasteiger partial charge in [-0.1, -0.05) is 30.5 Å². The first-order valence-corrected chi connectivity index (χ1v) is 9.74. The van der Waals surface area contributed by atoms with Gasteiger partial charge in [0.05, 0.1) is 6.54 Å². The number of nitrogens with zero attached hydrogens (tertiary/aromatic N) is 5. The molecule has 3 heterocycles. The first-order chi connectivity index (χ1) is 13.1. The van der Waals surface area contributed by atoms with Gasteiger partial charge in [-0.3, -0.25) is 14.6 Å². The van der Waals surface area contributed by atoms with Crippen LogP contribution in [0.2, 0.25) is 0 Å². The molecule has 27 heavy (non-hydrogen) atoms. The molecule has 4 rings (SSSR count). The summed E-state index contributed by atoms with van der Waals surface area (Å²) in [4.78, 5) is 34.9. The minimum atomic E-state index is -0.489. The van der Waals surface area contributed by atoms with E-state index in [1.54, 1.807) is 7.05 Å². The van der Waals surface area contributed by atoms with Crippen LogP contribution in [-0.4, -0.2) is 70.8 Å². The first kappa shape index (κ1) is 17.7. The van der Waals surface area contributed by atoms with Crippen molar-refractivity contribution in [1.29, 1.82) is 0 Å². The molecule has 1 aromatic carbocycles.